The first kappa shape index (κ1) is 32.8. The number of nitrogens with zero attached hydrogens (tertiary/aromatic N) is 3. The number of rotatable bonds is 0. The predicted molar refractivity (Wildman–Crippen MR) is 71.5 cm³/mol. The third kappa shape index (κ3) is 251. The summed E-state index contributed by atoms with van der Waals surface area (Å²) in [7, 11) is 0. The zero-order chi connectivity index (χ0) is 17.7. The van der Waals surface area contributed by atoms with E-state index in [2.05, 4.69) is 0 Å². The number of hydrogen-bond donors (Lipinski definition) is 1. The molecule has 128 valence electrons. The molecule has 22 heavy (non-hydrogen) atoms. The van der Waals surface area contributed by atoms with Crippen molar-refractivity contribution in [3.8, 4) is 0 Å². The summed E-state index contributed by atoms with van der Waals surface area (Å²) in [6.45, 7) is 1.93. The van der Waals surface area contributed by atoms with Crippen LogP contribution in [0.15, 0.2) is 0 Å². The van der Waals surface area contributed by atoms with E-state index >= 15 is 0 Å². The molecule has 1 saturated carbocycles. The maximum absolute atomic E-state index is 8.25. The SMILES string of the molecule is C1CCCCC1.CCO.O=[N+]([O-])[O-].O=[N+]([O-])[O-].O=[N+]([O-])[O-].[Pr+3]. The van der Waals surface area contributed by atoms with E-state index in [9.17, 15) is 0 Å². The molecule has 0 aromatic heterocycles. The van der Waals surface area contributed by atoms with Gasteiger partial charge in [-0.15, -0.1) is 0 Å². The third-order valence-electron chi connectivity index (χ3n) is 1.50. The van der Waals surface area contributed by atoms with Crippen LogP contribution in [-0.2, 0) is 0 Å². The molecule has 1 N–H and O–H groups in total. The smallest absolute Gasteiger partial charge is 0.397 e. The van der Waals surface area contributed by atoms with Gasteiger partial charge in [0.1, 0.15) is 0 Å². The molecular weight excluding hydrogens is 439 g/mol. The van der Waals surface area contributed by atoms with Crippen molar-refractivity contribution in [2.45, 2.75) is 45.4 Å². The first-order valence-electron chi connectivity index (χ1n) is 5.67. The number of hydrogen-bond acceptors (Lipinski definition) is 10. The Morgan fingerprint density at radius 1 is 0.682 bits per heavy atom. The largest absolute Gasteiger partial charge is 3.00 e. The van der Waals surface area contributed by atoms with Gasteiger partial charge in [-0.2, -0.15) is 0 Å². The van der Waals surface area contributed by atoms with Gasteiger partial charge in [0, 0.05) is 6.61 Å². The molecule has 0 heterocycles. The van der Waals surface area contributed by atoms with Crippen LogP contribution in [-0.4, -0.2) is 27.0 Å². The monoisotopic (exact) mass is 457 g/mol. The summed E-state index contributed by atoms with van der Waals surface area (Å²) in [5.41, 5.74) is 0. The van der Waals surface area contributed by atoms with Crippen LogP contribution < -0.4 is 0 Å². The second-order valence-electron chi connectivity index (χ2n) is 3.11. The van der Waals surface area contributed by atoms with E-state index in [0.717, 1.165) is 0 Å². The molecule has 0 aliphatic heterocycles. The van der Waals surface area contributed by atoms with Gasteiger partial charge in [0.15, 0.2) is 0 Å². The minimum Gasteiger partial charge on any atom is -0.397 e. The molecule has 14 heteroatoms. The van der Waals surface area contributed by atoms with Crippen molar-refractivity contribution in [1.82, 2.24) is 0 Å². The van der Waals surface area contributed by atoms with Gasteiger partial charge in [0.2, 0.25) is 0 Å². The summed E-state index contributed by atoms with van der Waals surface area (Å²) >= 11 is 0. The van der Waals surface area contributed by atoms with E-state index in [1.165, 1.54) is 38.5 Å². The van der Waals surface area contributed by atoms with Crippen molar-refractivity contribution in [2.75, 3.05) is 6.61 Å². The molecule has 0 radical (unpaired) electrons. The molecule has 0 amide bonds. The second-order valence-corrected chi connectivity index (χ2v) is 3.11. The summed E-state index contributed by atoms with van der Waals surface area (Å²) in [6.07, 6.45) is 9.00. The van der Waals surface area contributed by atoms with Crippen LogP contribution in [0.25, 0.3) is 0 Å². The fraction of sp³-hybridized carbons (Fsp3) is 1.00. The average molecular weight is 457 g/mol. The van der Waals surface area contributed by atoms with E-state index in [1.807, 2.05) is 0 Å². The molecule has 1 aliphatic rings. The van der Waals surface area contributed by atoms with Crippen LogP contribution in [0.4, 0.5) is 0 Å². The Labute approximate surface area is 159 Å². The molecule has 13 nitrogen and oxygen atoms in total. The topological polar surface area (TPSA) is 219 Å². The molecule has 0 saturated heterocycles. The summed E-state index contributed by atoms with van der Waals surface area (Å²) in [5, 5.41) is 51.8. The van der Waals surface area contributed by atoms with E-state index < -0.39 is 15.3 Å². The number of aliphatic hydroxyl groups excluding tert-OH is 1. The summed E-state index contributed by atoms with van der Waals surface area (Å²) < 4.78 is 0. The van der Waals surface area contributed by atoms with Crippen molar-refractivity contribution >= 4 is 0 Å². The van der Waals surface area contributed by atoms with Crippen LogP contribution in [0.2, 0.25) is 0 Å². The minimum atomic E-state index is -1.75. The van der Waals surface area contributed by atoms with Crippen LogP contribution in [0.3, 0.4) is 0 Å². The Morgan fingerprint density at radius 2 is 0.727 bits per heavy atom. The molecule has 0 atom stereocenters. The normalized spacial score (nSPS) is 10.6. The van der Waals surface area contributed by atoms with E-state index in [1.54, 1.807) is 6.92 Å². The molecule has 1 fully saturated rings. The molecule has 1 rings (SSSR count). The van der Waals surface area contributed by atoms with Gasteiger partial charge in [-0.25, -0.2) is 0 Å². The van der Waals surface area contributed by atoms with Crippen molar-refractivity contribution in [3.63, 3.8) is 0 Å². The van der Waals surface area contributed by atoms with Crippen LogP contribution in [0.1, 0.15) is 45.4 Å². The Kier molecular flexibility index (Phi) is 47.7. The first-order valence-corrected chi connectivity index (χ1v) is 5.67. The quantitative estimate of drug-likeness (QED) is 0.409. The van der Waals surface area contributed by atoms with Crippen molar-refractivity contribution < 1.29 is 61.7 Å². The van der Waals surface area contributed by atoms with Gasteiger partial charge >= 0.3 is 41.3 Å². The molecule has 0 unspecified atom stereocenters. The predicted octanol–water partition coefficient (Wildman–Crippen LogP) is 1.62. The molecular formula is C8H18N3O10Pr. The Hall–Kier alpha value is -1.08. The molecule has 0 spiro atoms. The zero-order valence-electron chi connectivity index (χ0n) is 12.0. The van der Waals surface area contributed by atoms with E-state index in [4.69, 9.17) is 51.1 Å². The summed E-state index contributed by atoms with van der Waals surface area (Å²) in [5.74, 6) is 0. The van der Waals surface area contributed by atoms with E-state index in [0.29, 0.717) is 0 Å². The van der Waals surface area contributed by atoms with Crippen molar-refractivity contribution in [3.05, 3.63) is 46.0 Å². The van der Waals surface area contributed by atoms with Crippen molar-refractivity contribution in [2.24, 2.45) is 0 Å². The Bertz CT molecular complexity index is 200. The summed E-state index contributed by atoms with van der Waals surface area (Å²) in [4.78, 5) is 24.8. The van der Waals surface area contributed by atoms with Gasteiger partial charge in [-0.05, 0) is 6.92 Å². The molecule has 1 aliphatic carbocycles. The standard InChI is InChI=1S/C6H12.C2H6O.3NO3.Pr/c1-2-4-6-5-3-1;1-2-3;3*2-1(3)4;/h1-6H2;3H,2H2,1H3;;;;/q;;3*-1;+3. The van der Waals surface area contributed by atoms with Crippen LogP contribution >= 0.6 is 0 Å². The maximum atomic E-state index is 8.25. The average Bonchev–Trinajstić information content (AvgIpc) is 2.30. The van der Waals surface area contributed by atoms with Gasteiger partial charge in [0.05, 0.1) is 15.3 Å². The first-order chi connectivity index (χ1) is 9.61. The second kappa shape index (κ2) is 32.0. The maximum Gasteiger partial charge on any atom is 3.00 e. The van der Waals surface area contributed by atoms with E-state index in [-0.39, 0.29) is 47.9 Å². The van der Waals surface area contributed by atoms with Gasteiger partial charge < -0.3 is 51.1 Å². The van der Waals surface area contributed by atoms with Crippen molar-refractivity contribution in [1.29, 1.82) is 0 Å². The fourth-order valence-electron chi connectivity index (χ4n) is 1.06. The molecule has 0 aromatic rings. The van der Waals surface area contributed by atoms with Gasteiger partial charge in [-0.3, -0.25) is 0 Å². The molecule has 0 aromatic carbocycles. The fourth-order valence-corrected chi connectivity index (χ4v) is 1.06. The number of aliphatic hydroxyl groups is 1. The summed E-state index contributed by atoms with van der Waals surface area (Å²) in [6, 6.07) is 0. The third-order valence-corrected chi connectivity index (χ3v) is 1.50. The Balaban J connectivity index is -0.0000000555. The minimum absolute atomic E-state index is 0. The van der Waals surface area contributed by atoms with Gasteiger partial charge in [-0.1, -0.05) is 38.5 Å². The van der Waals surface area contributed by atoms with Gasteiger partial charge in [0.25, 0.3) is 0 Å². The van der Waals surface area contributed by atoms with Crippen LogP contribution in [0, 0.1) is 87.3 Å². The Morgan fingerprint density at radius 3 is 0.773 bits per heavy atom. The zero-order valence-corrected chi connectivity index (χ0v) is 15.7. The van der Waals surface area contributed by atoms with Crippen LogP contribution in [0.5, 0.6) is 0 Å². The molecule has 0 bridgehead atoms.